The van der Waals surface area contributed by atoms with E-state index >= 15 is 0 Å². The number of nitrogens with zero attached hydrogens (tertiary/aromatic N) is 2. The molecule has 0 radical (unpaired) electrons. The van der Waals surface area contributed by atoms with E-state index in [9.17, 15) is 26.8 Å². The molecule has 0 bridgehead atoms. The summed E-state index contributed by atoms with van der Waals surface area (Å²) in [7, 11) is -3.80. The molecule has 2 aromatic carbocycles. The lowest BCUT2D eigenvalue weighted by Gasteiger charge is -2.32. The second-order valence-corrected chi connectivity index (χ2v) is 11.7. The van der Waals surface area contributed by atoms with E-state index in [0.717, 1.165) is 53.9 Å². The van der Waals surface area contributed by atoms with Crippen LogP contribution >= 0.6 is 0 Å². The number of anilines is 1. The van der Waals surface area contributed by atoms with Crippen molar-refractivity contribution in [2.75, 3.05) is 23.7 Å². The van der Waals surface area contributed by atoms with Gasteiger partial charge in [0, 0.05) is 31.6 Å². The lowest BCUT2D eigenvalue weighted by Crippen LogP contribution is -2.52. The summed E-state index contributed by atoms with van der Waals surface area (Å²) in [5.74, 6) is -2.65. The minimum absolute atomic E-state index is 0.00229. The number of benzene rings is 2. The van der Waals surface area contributed by atoms with Crippen molar-refractivity contribution in [3.63, 3.8) is 0 Å². The van der Waals surface area contributed by atoms with Crippen molar-refractivity contribution in [3.8, 4) is 0 Å². The second-order valence-electron chi connectivity index (χ2n) is 9.77. The molecule has 0 saturated heterocycles. The van der Waals surface area contributed by atoms with Gasteiger partial charge in [0.25, 0.3) is 0 Å². The van der Waals surface area contributed by atoms with Gasteiger partial charge in [0.2, 0.25) is 21.8 Å². The number of carbonyl (C=O) groups excluding carboxylic acids is 2. The van der Waals surface area contributed by atoms with E-state index in [1.807, 2.05) is 37.3 Å². The molecule has 0 aliphatic heterocycles. The van der Waals surface area contributed by atoms with E-state index in [4.69, 9.17) is 0 Å². The number of sulfonamides is 1. The van der Waals surface area contributed by atoms with Crippen LogP contribution in [0.25, 0.3) is 0 Å². The third-order valence-corrected chi connectivity index (χ3v) is 8.11. The maximum Gasteiger partial charge on any atom is 0.243 e. The number of nitrogens with one attached hydrogen (secondary N) is 1. The van der Waals surface area contributed by atoms with E-state index in [1.54, 1.807) is 4.90 Å². The molecule has 3 rings (SSSR count). The second kappa shape index (κ2) is 13.7. The van der Waals surface area contributed by atoms with Crippen molar-refractivity contribution < 1.29 is 26.8 Å². The topological polar surface area (TPSA) is 86.8 Å². The highest BCUT2D eigenvalue weighted by Crippen LogP contribution is 2.22. The van der Waals surface area contributed by atoms with Gasteiger partial charge in [-0.05, 0) is 49.8 Å². The molecule has 1 saturated carbocycles. The quantitative estimate of drug-likeness (QED) is 0.401. The number of rotatable bonds is 13. The summed E-state index contributed by atoms with van der Waals surface area (Å²) in [5.41, 5.74) is 1.03. The van der Waals surface area contributed by atoms with E-state index in [-0.39, 0.29) is 42.9 Å². The minimum Gasteiger partial charge on any atom is -0.352 e. The number of carbonyl (C=O) groups is 2. The van der Waals surface area contributed by atoms with Crippen LogP contribution in [-0.4, -0.2) is 56.6 Å². The zero-order valence-electron chi connectivity index (χ0n) is 22.0. The lowest BCUT2D eigenvalue weighted by molar-refractivity contribution is -0.141. The van der Waals surface area contributed by atoms with Crippen LogP contribution in [0.4, 0.5) is 14.5 Å². The van der Waals surface area contributed by atoms with E-state index in [0.29, 0.717) is 19.4 Å². The van der Waals surface area contributed by atoms with Gasteiger partial charge in [0.05, 0.1) is 11.9 Å². The van der Waals surface area contributed by atoms with Gasteiger partial charge in [0.15, 0.2) is 11.6 Å². The summed E-state index contributed by atoms with van der Waals surface area (Å²) >= 11 is 0. The molecule has 10 heteroatoms. The first-order chi connectivity index (χ1) is 18.1. The van der Waals surface area contributed by atoms with E-state index < -0.39 is 27.7 Å². The van der Waals surface area contributed by atoms with E-state index in [2.05, 4.69) is 5.32 Å². The molecule has 0 heterocycles. The fraction of sp³-hybridized carbons (Fsp3) is 0.500. The molecular weight excluding hydrogens is 512 g/mol. The average molecular weight is 550 g/mol. The summed E-state index contributed by atoms with van der Waals surface area (Å²) < 4.78 is 52.8. The van der Waals surface area contributed by atoms with Crippen LogP contribution in [0.3, 0.4) is 0 Å². The largest absolute Gasteiger partial charge is 0.352 e. The Labute approximate surface area is 224 Å². The van der Waals surface area contributed by atoms with Gasteiger partial charge in [-0.2, -0.15) is 0 Å². The van der Waals surface area contributed by atoms with Crippen LogP contribution in [0.2, 0.25) is 0 Å². The Morgan fingerprint density at radius 1 is 1.03 bits per heavy atom. The Bertz CT molecular complexity index is 1190. The molecule has 1 atom stereocenters. The maximum absolute atomic E-state index is 13.8. The van der Waals surface area contributed by atoms with Gasteiger partial charge in [-0.25, -0.2) is 17.2 Å². The molecule has 0 aromatic heterocycles. The highest BCUT2D eigenvalue weighted by atomic mass is 32.2. The zero-order valence-corrected chi connectivity index (χ0v) is 22.9. The zero-order chi connectivity index (χ0) is 27.7. The highest BCUT2D eigenvalue weighted by Gasteiger charge is 2.30. The van der Waals surface area contributed by atoms with Crippen molar-refractivity contribution in [2.24, 2.45) is 0 Å². The van der Waals surface area contributed by atoms with Crippen molar-refractivity contribution in [1.82, 2.24) is 10.2 Å². The fourth-order valence-corrected chi connectivity index (χ4v) is 5.86. The van der Waals surface area contributed by atoms with Crippen molar-refractivity contribution in [2.45, 2.75) is 70.4 Å². The highest BCUT2D eigenvalue weighted by molar-refractivity contribution is 7.92. The van der Waals surface area contributed by atoms with Crippen LogP contribution in [0, 0.1) is 11.6 Å². The molecule has 7 nitrogen and oxygen atoms in total. The van der Waals surface area contributed by atoms with Crippen molar-refractivity contribution >= 4 is 27.5 Å². The van der Waals surface area contributed by atoms with E-state index in [1.165, 1.54) is 6.07 Å². The Morgan fingerprint density at radius 2 is 1.71 bits per heavy atom. The Balaban J connectivity index is 1.72. The van der Waals surface area contributed by atoms with Crippen LogP contribution in [0.15, 0.2) is 48.5 Å². The fourth-order valence-electron chi connectivity index (χ4n) is 4.91. The molecule has 2 amide bonds. The van der Waals surface area contributed by atoms with Gasteiger partial charge in [-0.1, -0.05) is 50.1 Å². The molecule has 1 fully saturated rings. The lowest BCUT2D eigenvalue weighted by atomic mass is 10.1. The SMILES string of the molecule is CC[C@@H](C(=O)NC1CCCC1)N(CCc1ccccc1)C(=O)CCCN(c1ccc(F)c(F)c1)S(C)(=O)=O. The summed E-state index contributed by atoms with van der Waals surface area (Å²) in [4.78, 5) is 28.2. The number of hydrogen-bond donors (Lipinski definition) is 1. The van der Waals surface area contributed by atoms with Crippen LogP contribution in [0.1, 0.15) is 57.4 Å². The van der Waals surface area contributed by atoms with Crippen molar-refractivity contribution in [3.05, 3.63) is 65.7 Å². The molecule has 0 unspecified atom stereocenters. The smallest absolute Gasteiger partial charge is 0.243 e. The average Bonchev–Trinajstić information content (AvgIpc) is 3.39. The van der Waals surface area contributed by atoms with Gasteiger partial charge in [-0.3, -0.25) is 13.9 Å². The first kappa shape index (κ1) is 29.5. The van der Waals surface area contributed by atoms with Crippen LogP contribution in [-0.2, 0) is 26.0 Å². The Hall–Kier alpha value is -3.01. The molecular formula is C28H37F2N3O4S. The minimum atomic E-state index is -3.80. The number of halogens is 2. The molecule has 1 aliphatic carbocycles. The molecule has 1 N–H and O–H groups in total. The normalized spacial score (nSPS) is 14.7. The van der Waals surface area contributed by atoms with Crippen LogP contribution < -0.4 is 9.62 Å². The predicted octanol–water partition coefficient (Wildman–Crippen LogP) is 4.42. The first-order valence-corrected chi connectivity index (χ1v) is 15.0. The van der Waals surface area contributed by atoms with Gasteiger partial charge in [-0.15, -0.1) is 0 Å². The molecule has 2 aromatic rings. The van der Waals surface area contributed by atoms with Crippen molar-refractivity contribution in [1.29, 1.82) is 0 Å². The molecule has 0 spiro atoms. The summed E-state index contributed by atoms with van der Waals surface area (Å²) in [5, 5.41) is 3.10. The van der Waals surface area contributed by atoms with Gasteiger partial charge in [0.1, 0.15) is 6.04 Å². The van der Waals surface area contributed by atoms with Gasteiger partial charge >= 0.3 is 0 Å². The van der Waals surface area contributed by atoms with Gasteiger partial charge < -0.3 is 10.2 Å². The Morgan fingerprint density at radius 3 is 2.32 bits per heavy atom. The summed E-state index contributed by atoms with van der Waals surface area (Å²) in [6.07, 6.45) is 6.17. The summed E-state index contributed by atoms with van der Waals surface area (Å²) in [6.45, 7) is 2.13. The third-order valence-electron chi connectivity index (χ3n) is 6.92. The summed E-state index contributed by atoms with van der Waals surface area (Å²) in [6, 6.07) is 12.1. The standard InChI is InChI=1S/C28H37F2N3O4S/c1-3-26(28(35)31-22-12-7-8-13-22)32(19-17-21-10-5-4-6-11-21)27(34)14-9-18-33(38(2,36)37)23-15-16-24(29)25(30)20-23/h4-6,10-11,15-16,20,22,26H,3,7-9,12-14,17-19H2,1-2H3,(H,31,35)/t26-/m0/s1. The Kier molecular flexibility index (Phi) is 10.6. The molecule has 1 aliphatic rings. The molecule has 38 heavy (non-hydrogen) atoms. The first-order valence-electron chi connectivity index (χ1n) is 13.2. The number of hydrogen-bond acceptors (Lipinski definition) is 4. The van der Waals surface area contributed by atoms with Crippen LogP contribution in [0.5, 0.6) is 0 Å². The predicted molar refractivity (Wildman–Crippen MR) is 144 cm³/mol. The maximum atomic E-state index is 13.8. The third kappa shape index (κ3) is 8.24. The molecule has 208 valence electrons. The monoisotopic (exact) mass is 549 g/mol. The number of amides is 2.